The van der Waals surface area contributed by atoms with E-state index < -0.39 is 4.92 Å². The third-order valence-corrected chi connectivity index (χ3v) is 4.11. The number of carbonyl (C=O) groups is 1. The van der Waals surface area contributed by atoms with Crippen molar-refractivity contribution in [2.45, 2.75) is 13.0 Å². The summed E-state index contributed by atoms with van der Waals surface area (Å²) in [5.41, 5.74) is 0.989. The molecule has 134 valence electrons. The molecule has 1 atom stereocenters. The Morgan fingerprint density at radius 2 is 1.92 bits per heavy atom. The SMILES string of the molecule is C[C@H](NC(=O)/C=C/c1cc2c(cc1[N+](=O)[O-])OCO2)c1ccc(Cl)cc1. The number of carbonyl (C=O) groups excluding carboxylic acids is 1. The number of hydrogen-bond donors (Lipinski definition) is 1. The number of ether oxygens (including phenoxy) is 2. The minimum Gasteiger partial charge on any atom is -0.454 e. The van der Waals surface area contributed by atoms with Gasteiger partial charge in [-0.3, -0.25) is 14.9 Å². The molecule has 0 radical (unpaired) electrons. The van der Waals surface area contributed by atoms with Crippen LogP contribution in [0.25, 0.3) is 6.08 Å². The molecule has 2 aromatic carbocycles. The van der Waals surface area contributed by atoms with Crippen molar-refractivity contribution >= 4 is 29.3 Å². The molecule has 1 heterocycles. The molecule has 1 N–H and O–H groups in total. The minimum absolute atomic E-state index is 0.0126. The highest BCUT2D eigenvalue weighted by Crippen LogP contribution is 2.38. The molecular weight excluding hydrogens is 360 g/mol. The van der Waals surface area contributed by atoms with Gasteiger partial charge in [0.2, 0.25) is 12.7 Å². The number of halogens is 1. The zero-order valence-corrected chi connectivity index (χ0v) is 14.5. The van der Waals surface area contributed by atoms with E-state index in [9.17, 15) is 14.9 Å². The van der Waals surface area contributed by atoms with E-state index in [1.54, 1.807) is 12.1 Å². The van der Waals surface area contributed by atoms with Crippen LogP contribution in [0.1, 0.15) is 24.1 Å². The monoisotopic (exact) mass is 374 g/mol. The van der Waals surface area contributed by atoms with Crippen molar-refractivity contribution in [3.8, 4) is 11.5 Å². The van der Waals surface area contributed by atoms with Gasteiger partial charge in [-0.2, -0.15) is 0 Å². The van der Waals surface area contributed by atoms with Gasteiger partial charge < -0.3 is 14.8 Å². The number of rotatable bonds is 5. The lowest BCUT2D eigenvalue weighted by atomic mass is 10.1. The second-order valence-corrected chi connectivity index (χ2v) is 6.07. The van der Waals surface area contributed by atoms with Crippen LogP contribution in [0.5, 0.6) is 11.5 Å². The number of nitrogens with zero attached hydrogens (tertiary/aromatic N) is 1. The van der Waals surface area contributed by atoms with Gasteiger partial charge in [-0.05, 0) is 36.8 Å². The summed E-state index contributed by atoms with van der Waals surface area (Å²) < 4.78 is 10.4. The second-order valence-electron chi connectivity index (χ2n) is 5.64. The molecule has 3 rings (SSSR count). The van der Waals surface area contributed by atoms with Crippen LogP contribution >= 0.6 is 11.6 Å². The van der Waals surface area contributed by atoms with E-state index in [0.29, 0.717) is 16.5 Å². The third-order valence-electron chi connectivity index (χ3n) is 3.86. The molecule has 7 nitrogen and oxygen atoms in total. The van der Waals surface area contributed by atoms with E-state index >= 15 is 0 Å². The zero-order valence-electron chi connectivity index (χ0n) is 13.8. The molecule has 0 aliphatic carbocycles. The summed E-state index contributed by atoms with van der Waals surface area (Å²) in [7, 11) is 0. The molecule has 1 amide bonds. The average Bonchev–Trinajstić information content (AvgIpc) is 3.06. The molecule has 0 saturated heterocycles. The molecule has 2 aromatic rings. The van der Waals surface area contributed by atoms with Gasteiger partial charge in [0.15, 0.2) is 11.5 Å². The van der Waals surface area contributed by atoms with E-state index in [1.165, 1.54) is 24.3 Å². The predicted molar refractivity (Wildman–Crippen MR) is 96.3 cm³/mol. The lowest BCUT2D eigenvalue weighted by Gasteiger charge is -2.12. The third kappa shape index (κ3) is 3.94. The quantitative estimate of drug-likeness (QED) is 0.487. The van der Waals surface area contributed by atoms with Crippen molar-refractivity contribution in [1.29, 1.82) is 0 Å². The first-order valence-corrected chi connectivity index (χ1v) is 8.14. The van der Waals surface area contributed by atoms with E-state index in [-0.39, 0.29) is 30.0 Å². The van der Waals surface area contributed by atoms with Crippen LogP contribution in [-0.4, -0.2) is 17.6 Å². The van der Waals surface area contributed by atoms with Crippen molar-refractivity contribution in [3.05, 3.63) is 68.7 Å². The van der Waals surface area contributed by atoms with Gasteiger partial charge in [-0.25, -0.2) is 0 Å². The first-order valence-electron chi connectivity index (χ1n) is 7.76. The number of hydrogen-bond acceptors (Lipinski definition) is 5. The average molecular weight is 375 g/mol. The molecule has 0 unspecified atom stereocenters. The van der Waals surface area contributed by atoms with Crippen molar-refractivity contribution in [2.24, 2.45) is 0 Å². The predicted octanol–water partition coefficient (Wildman–Crippen LogP) is 3.87. The smallest absolute Gasteiger partial charge is 0.280 e. The maximum Gasteiger partial charge on any atom is 0.280 e. The fourth-order valence-electron chi connectivity index (χ4n) is 2.50. The summed E-state index contributed by atoms with van der Waals surface area (Å²) in [5, 5.41) is 14.6. The van der Waals surface area contributed by atoms with Gasteiger partial charge in [0, 0.05) is 11.1 Å². The van der Waals surface area contributed by atoms with Gasteiger partial charge in [0.1, 0.15) is 0 Å². The Morgan fingerprint density at radius 1 is 1.27 bits per heavy atom. The van der Waals surface area contributed by atoms with Gasteiger partial charge >= 0.3 is 0 Å². The first kappa shape index (κ1) is 17.8. The number of benzene rings is 2. The minimum atomic E-state index is -0.532. The standard InChI is InChI=1S/C18H15ClN2O5/c1-11(12-2-5-14(19)6-3-12)20-18(22)7-4-13-8-16-17(26-10-25-16)9-15(13)21(23)24/h2-9,11H,10H2,1H3,(H,20,22)/b7-4+/t11-/m0/s1. The Labute approximate surface area is 154 Å². The Balaban J connectivity index is 1.74. The fourth-order valence-corrected chi connectivity index (χ4v) is 2.63. The van der Waals surface area contributed by atoms with Crippen molar-refractivity contribution in [1.82, 2.24) is 5.32 Å². The number of nitro benzene ring substituents is 1. The molecule has 0 aromatic heterocycles. The normalized spacial score (nSPS) is 13.6. The van der Waals surface area contributed by atoms with Gasteiger partial charge in [-0.15, -0.1) is 0 Å². The van der Waals surface area contributed by atoms with E-state index in [2.05, 4.69) is 5.32 Å². The highest BCUT2D eigenvalue weighted by Gasteiger charge is 2.22. The van der Waals surface area contributed by atoms with Gasteiger partial charge in [-0.1, -0.05) is 23.7 Å². The van der Waals surface area contributed by atoms with Crippen LogP contribution in [0, 0.1) is 10.1 Å². The molecule has 0 saturated carbocycles. The number of nitro groups is 1. The van der Waals surface area contributed by atoms with Gasteiger partial charge in [0.25, 0.3) is 5.69 Å². The Bertz CT molecular complexity index is 880. The van der Waals surface area contributed by atoms with Gasteiger partial charge in [0.05, 0.1) is 22.6 Å². The van der Waals surface area contributed by atoms with Crippen LogP contribution < -0.4 is 14.8 Å². The summed E-state index contributed by atoms with van der Waals surface area (Å²) in [6, 6.07) is 9.65. The summed E-state index contributed by atoms with van der Waals surface area (Å²) in [6.45, 7) is 1.84. The molecule has 0 spiro atoms. The largest absolute Gasteiger partial charge is 0.454 e. The van der Waals surface area contributed by atoms with Crippen molar-refractivity contribution < 1.29 is 19.2 Å². The Kier molecular flexibility index (Phi) is 5.09. The molecule has 1 aliphatic rings. The lowest BCUT2D eigenvalue weighted by Crippen LogP contribution is -2.24. The molecule has 0 fully saturated rings. The van der Waals surface area contributed by atoms with Crippen molar-refractivity contribution in [3.63, 3.8) is 0 Å². The molecule has 26 heavy (non-hydrogen) atoms. The van der Waals surface area contributed by atoms with Crippen molar-refractivity contribution in [2.75, 3.05) is 6.79 Å². The summed E-state index contributed by atoms with van der Waals surface area (Å²) in [4.78, 5) is 22.8. The fraction of sp³-hybridized carbons (Fsp3) is 0.167. The van der Waals surface area contributed by atoms with Crippen LogP contribution in [0.15, 0.2) is 42.5 Å². The maximum absolute atomic E-state index is 12.1. The van der Waals surface area contributed by atoms with E-state index in [1.807, 2.05) is 19.1 Å². The number of nitrogens with one attached hydrogen (secondary N) is 1. The molecular formula is C18H15ClN2O5. The van der Waals surface area contributed by atoms with E-state index in [0.717, 1.165) is 5.56 Å². The first-order chi connectivity index (χ1) is 12.4. The van der Waals surface area contributed by atoms with Crippen LogP contribution in [0.3, 0.4) is 0 Å². The number of fused-ring (bicyclic) bond motifs is 1. The van der Waals surface area contributed by atoms with Crippen LogP contribution in [0.2, 0.25) is 5.02 Å². The highest BCUT2D eigenvalue weighted by molar-refractivity contribution is 6.30. The topological polar surface area (TPSA) is 90.7 Å². The Hall–Kier alpha value is -3.06. The number of amides is 1. The second kappa shape index (κ2) is 7.45. The molecule has 1 aliphatic heterocycles. The maximum atomic E-state index is 12.1. The van der Waals surface area contributed by atoms with Crippen LogP contribution in [-0.2, 0) is 4.79 Å². The zero-order chi connectivity index (χ0) is 18.7. The van der Waals surface area contributed by atoms with E-state index in [4.69, 9.17) is 21.1 Å². The summed E-state index contributed by atoms with van der Waals surface area (Å²) >= 11 is 5.85. The van der Waals surface area contributed by atoms with Crippen LogP contribution in [0.4, 0.5) is 5.69 Å². The molecule has 0 bridgehead atoms. The highest BCUT2D eigenvalue weighted by atomic mass is 35.5. The Morgan fingerprint density at radius 3 is 2.58 bits per heavy atom. The summed E-state index contributed by atoms with van der Waals surface area (Å²) in [5.74, 6) is 0.347. The summed E-state index contributed by atoms with van der Waals surface area (Å²) in [6.07, 6.45) is 2.63. The molecule has 8 heteroatoms. The lowest BCUT2D eigenvalue weighted by molar-refractivity contribution is -0.385.